The van der Waals surface area contributed by atoms with E-state index in [1.54, 1.807) is 24.9 Å². The molecule has 1 fully saturated rings. The first kappa shape index (κ1) is 20.1. The highest BCUT2D eigenvalue weighted by atomic mass is 32.2. The largest absolute Gasteiger partial charge is 0.495 e. The number of pyridine rings is 1. The van der Waals surface area contributed by atoms with Crippen molar-refractivity contribution in [2.24, 2.45) is 16.6 Å². The minimum atomic E-state index is -0.580. The zero-order valence-corrected chi connectivity index (χ0v) is 18.1. The molecule has 2 aromatic rings. The standard InChI is InChI=1S/C19H23N5O3S2/c1-10-4-13(26-3)6-21-15(10)16(25)22-14-8-28-17(23-14)19-9-27-11(2)5-12(19)7-29-18(20)24-19/h4,6,8,11-12H,5,7,9H2,1-3H3,(H2,20,24)(H,22,25)/t11-,12-,19?/m0/s1. The third-order valence-electron chi connectivity index (χ3n) is 5.24. The van der Waals surface area contributed by atoms with Crippen molar-refractivity contribution in [3.05, 3.63) is 33.9 Å². The van der Waals surface area contributed by atoms with E-state index in [4.69, 9.17) is 20.2 Å². The lowest BCUT2D eigenvalue weighted by Crippen LogP contribution is -2.49. The molecule has 4 rings (SSSR count). The Morgan fingerprint density at radius 2 is 2.31 bits per heavy atom. The summed E-state index contributed by atoms with van der Waals surface area (Å²) in [5, 5.41) is 6.03. The van der Waals surface area contributed by atoms with E-state index in [9.17, 15) is 4.79 Å². The second-order valence-electron chi connectivity index (χ2n) is 7.27. The summed E-state index contributed by atoms with van der Waals surface area (Å²) in [6.45, 7) is 4.34. The highest BCUT2D eigenvalue weighted by Gasteiger charge is 2.49. The number of amides is 1. The number of anilines is 1. The fraction of sp³-hybridized carbons (Fsp3) is 0.474. The number of amidine groups is 1. The van der Waals surface area contributed by atoms with Gasteiger partial charge in [0.05, 0.1) is 26.0 Å². The van der Waals surface area contributed by atoms with E-state index in [2.05, 4.69) is 22.2 Å². The number of carbonyl (C=O) groups is 1. The maximum atomic E-state index is 12.7. The van der Waals surface area contributed by atoms with Crippen LogP contribution in [0, 0.1) is 12.8 Å². The van der Waals surface area contributed by atoms with Gasteiger partial charge in [-0.25, -0.2) is 15.0 Å². The smallest absolute Gasteiger partial charge is 0.275 e. The SMILES string of the molecule is COc1cnc(C(=O)Nc2csc(C34CO[C@@H](C)C[C@H]3CSC(N)=N4)n2)c(C)c1. The van der Waals surface area contributed by atoms with Gasteiger partial charge in [0, 0.05) is 17.1 Å². The molecule has 0 aliphatic carbocycles. The van der Waals surface area contributed by atoms with Crippen molar-refractivity contribution in [1.82, 2.24) is 9.97 Å². The van der Waals surface area contributed by atoms with E-state index in [0.717, 1.165) is 22.7 Å². The monoisotopic (exact) mass is 433 g/mol. The van der Waals surface area contributed by atoms with Crippen LogP contribution in [0.25, 0.3) is 0 Å². The number of thiazole rings is 1. The molecule has 0 aromatic carbocycles. The van der Waals surface area contributed by atoms with Crippen molar-refractivity contribution in [3.8, 4) is 5.75 Å². The van der Waals surface area contributed by atoms with Crippen LogP contribution < -0.4 is 15.8 Å². The van der Waals surface area contributed by atoms with Crippen LogP contribution in [0.15, 0.2) is 22.6 Å². The third kappa shape index (κ3) is 3.84. The minimum Gasteiger partial charge on any atom is -0.495 e. The third-order valence-corrected chi connectivity index (χ3v) is 7.21. The Labute approximate surface area is 177 Å². The number of hydrogen-bond donors (Lipinski definition) is 2. The quantitative estimate of drug-likeness (QED) is 0.762. The van der Waals surface area contributed by atoms with E-state index in [0.29, 0.717) is 35.0 Å². The van der Waals surface area contributed by atoms with Crippen LogP contribution in [0.3, 0.4) is 0 Å². The fourth-order valence-corrected chi connectivity index (χ4v) is 5.66. The van der Waals surface area contributed by atoms with Gasteiger partial charge in [0.15, 0.2) is 5.17 Å². The van der Waals surface area contributed by atoms with E-state index < -0.39 is 5.54 Å². The zero-order chi connectivity index (χ0) is 20.6. The molecule has 154 valence electrons. The van der Waals surface area contributed by atoms with E-state index in [-0.39, 0.29) is 12.0 Å². The van der Waals surface area contributed by atoms with Gasteiger partial charge in [0.25, 0.3) is 5.91 Å². The van der Waals surface area contributed by atoms with Gasteiger partial charge in [-0.15, -0.1) is 11.3 Å². The van der Waals surface area contributed by atoms with Crippen molar-refractivity contribution >= 4 is 40.0 Å². The molecular weight excluding hydrogens is 410 g/mol. The van der Waals surface area contributed by atoms with Crippen molar-refractivity contribution in [1.29, 1.82) is 0 Å². The lowest BCUT2D eigenvalue weighted by Gasteiger charge is -2.44. The molecular formula is C19H23N5O3S2. The van der Waals surface area contributed by atoms with Crippen LogP contribution in [0.4, 0.5) is 5.82 Å². The normalized spacial score (nSPS) is 26.4. The van der Waals surface area contributed by atoms with Crippen LogP contribution >= 0.6 is 23.1 Å². The first-order chi connectivity index (χ1) is 13.9. The number of hydrogen-bond acceptors (Lipinski definition) is 9. The van der Waals surface area contributed by atoms with E-state index >= 15 is 0 Å². The lowest BCUT2D eigenvalue weighted by molar-refractivity contribution is -0.0466. The molecule has 8 nitrogen and oxygen atoms in total. The molecule has 1 amide bonds. The molecule has 0 saturated carbocycles. The first-order valence-electron chi connectivity index (χ1n) is 9.29. The zero-order valence-electron chi connectivity index (χ0n) is 16.5. The molecule has 29 heavy (non-hydrogen) atoms. The molecule has 0 spiro atoms. The van der Waals surface area contributed by atoms with Gasteiger partial charge in [-0.05, 0) is 31.9 Å². The Morgan fingerprint density at radius 1 is 1.48 bits per heavy atom. The molecule has 1 unspecified atom stereocenters. The Hall–Kier alpha value is -2.17. The Morgan fingerprint density at radius 3 is 3.07 bits per heavy atom. The first-order valence-corrected chi connectivity index (χ1v) is 11.2. The number of thioether (sulfide) groups is 1. The maximum Gasteiger partial charge on any atom is 0.275 e. The summed E-state index contributed by atoms with van der Waals surface area (Å²) in [6.07, 6.45) is 2.61. The van der Waals surface area contributed by atoms with Crippen molar-refractivity contribution in [2.45, 2.75) is 31.9 Å². The maximum absolute atomic E-state index is 12.7. The van der Waals surface area contributed by atoms with Gasteiger partial charge in [-0.3, -0.25) is 4.79 Å². The molecule has 2 aromatic heterocycles. The van der Waals surface area contributed by atoms with Gasteiger partial charge in [-0.1, -0.05) is 11.8 Å². The molecule has 0 radical (unpaired) electrons. The van der Waals surface area contributed by atoms with Crippen LogP contribution in [-0.2, 0) is 10.3 Å². The number of carbonyl (C=O) groups excluding carboxylic acids is 1. The molecule has 2 aliphatic heterocycles. The Bertz CT molecular complexity index is 963. The highest BCUT2D eigenvalue weighted by Crippen LogP contribution is 2.47. The Balaban J connectivity index is 1.58. The predicted octanol–water partition coefficient (Wildman–Crippen LogP) is 2.79. The average molecular weight is 434 g/mol. The van der Waals surface area contributed by atoms with Crippen LogP contribution in [0.2, 0.25) is 0 Å². The number of aryl methyl sites for hydroxylation is 1. The van der Waals surface area contributed by atoms with Crippen LogP contribution in [0.1, 0.15) is 34.4 Å². The molecule has 4 heterocycles. The number of nitrogens with one attached hydrogen (secondary N) is 1. The molecule has 3 N–H and O–H groups in total. The summed E-state index contributed by atoms with van der Waals surface area (Å²) in [5.41, 5.74) is 6.53. The summed E-state index contributed by atoms with van der Waals surface area (Å²) in [7, 11) is 1.56. The van der Waals surface area contributed by atoms with Crippen LogP contribution in [-0.4, -0.2) is 46.6 Å². The second kappa shape index (κ2) is 7.92. The van der Waals surface area contributed by atoms with Crippen molar-refractivity contribution in [2.75, 3.05) is 24.8 Å². The summed E-state index contributed by atoms with van der Waals surface area (Å²) >= 11 is 3.04. The fourth-order valence-electron chi connectivity index (χ4n) is 3.68. The number of rotatable bonds is 4. The van der Waals surface area contributed by atoms with Crippen molar-refractivity contribution in [3.63, 3.8) is 0 Å². The van der Waals surface area contributed by atoms with Crippen LogP contribution in [0.5, 0.6) is 5.75 Å². The number of aliphatic imine (C=N–C) groups is 1. The molecule has 1 saturated heterocycles. The number of methoxy groups -OCH3 is 1. The average Bonchev–Trinajstić information content (AvgIpc) is 3.17. The molecule has 10 heteroatoms. The lowest BCUT2D eigenvalue weighted by atomic mass is 9.80. The number of aromatic nitrogens is 2. The minimum absolute atomic E-state index is 0.187. The number of fused-ring (bicyclic) bond motifs is 1. The van der Waals surface area contributed by atoms with Gasteiger partial charge < -0.3 is 20.5 Å². The number of ether oxygens (including phenoxy) is 2. The second-order valence-corrected chi connectivity index (χ2v) is 9.17. The highest BCUT2D eigenvalue weighted by molar-refractivity contribution is 8.13. The van der Waals surface area contributed by atoms with Gasteiger partial charge in [0.1, 0.15) is 27.8 Å². The summed E-state index contributed by atoms with van der Waals surface area (Å²) in [5.74, 6) is 1.96. The number of nitrogens with two attached hydrogens (primary N) is 1. The number of nitrogens with zero attached hydrogens (tertiary/aromatic N) is 3. The topological polar surface area (TPSA) is 112 Å². The summed E-state index contributed by atoms with van der Waals surface area (Å²) in [4.78, 5) is 26.3. The van der Waals surface area contributed by atoms with Gasteiger partial charge in [0.2, 0.25) is 0 Å². The Kier molecular flexibility index (Phi) is 5.50. The van der Waals surface area contributed by atoms with E-state index in [1.807, 2.05) is 12.3 Å². The molecule has 0 bridgehead atoms. The summed E-state index contributed by atoms with van der Waals surface area (Å²) < 4.78 is 11.1. The van der Waals surface area contributed by atoms with Gasteiger partial charge >= 0.3 is 0 Å². The molecule has 3 atom stereocenters. The van der Waals surface area contributed by atoms with E-state index in [1.165, 1.54) is 17.5 Å². The summed E-state index contributed by atoms with van der Waals surface area (Å²) in [6, 6.07) is 1.77. The van der Waals surface area contributed by atoms with Gasteiger partial charge in [-0.2, -0.15) is 0 Å². The molecule has 2 aliphatic rings. The predicted molar refractivity (Wildman–Crippen MR) is 115 cm³/mol. The van der Waals surface area contributed by atoms with Crippen molar-refractivity contribution < 1.29 is 14.3 Å².